The highest BCUT2D eigenvalue weighted by Crippen LogP contribution is 2.31. The van der Waals surface area contributed by atoms with E-state index in [4.69, 9.17) is 27.9 Å². The molecule has 2 aromatic rings. The van der Waals surface area contributed by atoms with Crippen LogP contribution in [0.2, 0.25) is 5.02 Å². The first-order valence-corrected chi connectivity index (χ1v) is 10.5. The number of rotatable bonds is 6. The molecule has 2 aromatic carbocycles. The normalized spacial score (nSPS) is 18.6. The Morgan fingerprint density at radius 3 is 2.65 bits per heavy atom. The van der Waals surface area contributed by atoms with E-state index in [1.807, 2.05) is 0 Å². The monoisotopic (exact) mass is 459 g/mol. The predicted molar refractivity (Wildman–Crippen MR) is 118 cm³/mol. The van der Waals surface area contributed by atoms with Gasteiger partial charge in [0.15, 0.2) is 0 Å². The molecule has 160 valence electrons. The highest BCUT2D eigenvalue weighted by molar-refractivity contribution is 6.53. The second-order valence-electron chi connectivity index (χ2n) is 7.17. The topological polar surface area (TPSA) is 87.7 Å². The molecule has 2 heterocycles. The van der Waals surface area contributed by atoms with Crippen molar-refractivity contribution in [2.24, 2.45) is 0 Å². The maximum absolute atomic E-state index is 12.9. The molecule has 1 atom stereocenters. The quantitative estimate of drug-likeness (QED) is 0.643. The fourth-order valence-electron chi connectivity index (χ4n) is 3.46. The first-order valence-electron chi connectivity index (χ1n) is 9.75. The summed E-state index contributed by atoms with van der Waals surface area (Å²) in [5.41, 5.74) is 1.11. The molecule has 3 amide bonds. The standard InChI is InChI=1S/C22H19Cl2N3O4/c23-14-5-2-7-16(11-14)27-21(29)18(24)19(22(27)30)26-15-6-1-4-13(10-15)20(28)25-12-17-8-3-9-31-17/h1-2,4-7,10-11,17,26H,3,8-9,12H2,(H,25,28). The van der Waals surface area contributed by atoms with Crippen molar-refractivity contribution < 1.29 is 19.1 Å². The van der Waals surface area contributed by atoms with Crippen molar-refractivity contribution >= 4 is 52.3 Å². The number of hydrogen-bond acceptors (Lipinski definition) is 5. The zero-order chi connectivity index (χ0) is 22.0. The molecule has 7 nitrogen and oxygen atoms in total. The van der Waals surface area contributed by atoms with Crippen LogP contribution in [0.25, 0.3) is 0 Å². The van der Waals surface area contributed by atoms with E-state index < -0.39 is 11.8 Å². The van der Waals surface area contributed by atoms with E-state index in [1.54, 1.807) is 42.5 Å². The molecule has 2 aliphatic heterocycles. The van der Waals surface area contributed by atoms with E-state index in [0.29, 0.717) is 28.5 Å². The zero-order valence-corrected chi connectivity index (χ0v) is 17.9. The summed E-state index contributed by atoms with van der Waals surface area (Å²) < 4.78 is 5.51. The van der Waals surface area contributed by atoms with Gasteiger partial charge in [-0.15, -0.1) is 0 Å². The SMILES string of the molecule is O=C(NCC1CCCO1)c1cccc(NC2=C(Cl)C(=O)N(c3cccc(Cl)c3)C2=O)c1. The molecule has 2 aliphatic rings. The van der Waals surface area contributed by atoms with E-state index in [2.05, 4.69) is 10.6 Å². The summed E-state index contributed by atoms with van der Waals surface area (Å²) in [6.07, 6.45) is 1.96. The third-order valence-electron chi connectivity index (χ3n) is 5.00. The summed E-state index contributed by atoms with van der Waals surface area (Å²) in [5.74, 6) is -1.51. The van der Waals surface area contributed by atoms with Crippen LogP contribution in [0.5, 0.6) is 0 Å². The molecular formula is C22H19Cl2N3O4. The first kappa shape index (κ1) is 21.4. The Hall–Kier alpha value is -2.87. The number of nitrogens with zero attached hydrogens (tertiary/aromatic N) is 1. The molecule has 9 heteroatoms. The van der Waals surface area contributed by atoms with Crippen molar-refractivity contribution in [2.45, 2.75) is 18.9 Å². The van der Waals surface area contributed by atoms with Gasteiger partial charge in [-0.25, -0.2) is 4.90 Å². The molecule has 0 radical (unpaired) electrons. The maximum atomic E-state index is 12.9. The largest absolute Gasteiger partial charge is 0.376 e. The Morgan fingerprint density at radius 1 is 1.10 bits per heavy atom. The molecule has 0 bridgehead atoms. The van der Waals surface area contributed by atoms with Crippen LogP contribution in [0.4, 0.5) is 11.4 Å². The Bertz CT molecular complexity index is 1080. The van der Waals surface area contributed by atoms with Crippen molar-refractivity contribution in [1.82, 2.24) is 5.32 Å². The fraction of sp³-hybridized carbons (Fsp3) is 0.227. The number of benzene rings is 2. The first-order chi connectivity index (χ1) is 14.9. The Labute approximate surface area is 189 Å². The minimum absolute atomic E-state index is 0.0359. The molecule has 1 fully saturated rings. The number of ether oxygens (including phenoxy) is 1. The number of hydrogen-bond donors (Lipinski definition) is 2. The van der Waals surface area contributed by atoms with Crippen molar-refractivity contribution in [2.75, 3.05) is 23.4 Å². The van der Waals surface area contributed by atoms with Gasteiger partial charge in [0.25, 0.3) is 17.7 Å². The van der Waals surface area contributed by atoms with Gasteiger partial charge >= 0.3 is 0 Å². The lowest BCUT2D eigenvalue weighted by Crippen LogP contribution is -2.32. The van der Waals surface area contributed by atoms with Gasteiger partial charge in [0.1, 0.15) is 10.7 Å². The molecule has 1 saturated heterocycles. The van der Waals surface area contributed by atoms with Crippen LogP contribution in [0.3, 0.4) is 0 Å². The van der Waals surface area contributed by atoms with E-state index in [9.17, 15) is 14.4 Å². The predicted octanol–water partition coefficient (Wildman–Crippen LogP) is 3.68. The lowest BCUT2D eigenvalue weighted by atomic mass is 10.1. The lowest BCUT2D eigenvalue weighted by molar-refractivity contribution is -0.120. The van der Waals surface area contributed by atoms with E-state index in [-0.39, 0.29) is 22.7 Å². The zero-order valence-electron chi connectivity index (χ0n) is 16.4. The Kier molecular flexibility index (Phi) is 6.27. The number of carbonyl (C=O) groups is 3. The highest BCUT2D eigenvalue weighted by Gasteiger charge is 2.39. The van der Waals surface area contributed by atoms with Crippen molar-refractivity contribution in [1.29, 1.82) is 0 Å². The maximum Gasteiger partial charge on any atom is 0.283 e. The molecule has 0 saturated carbocycles. The van der Waals surface area contributed by atoms with Gasteiger partial charge in [-0.1, -0.05) is 35.3 Å². The van der Waals surface area contributed by atoms with Crippen molar-refractivity contribution in [3.8, 4) is 0 Å². The van der Waals surface area contributed by atoms with Gasteiger partial charge in [-0.2, -0.15) is 0 Å². The summed E-state index contributed by atoms with van der Waals surface area (Å²) in [7, 11) is 0. The van der Waals surface area contributed by atoms with Crippen molar-refractivity contribution in [3.63, 3.8) is 0 Å². The molecule has 0 aromatic heterocycles. The minimum atomic E-state index is -0.651. The van der Waals surface area contributed by atoms with Crippen LogP contribution in [0, 0.1) is 0 Å². The summed E-state index contributed by atoms with van der Waals surface area (Å²) in [6.45, 7) is 1.16. The van der Waals surface area contributed by atoms with Gasteiger partial charge in [0, 0.05) is 29.4 Å². The van der Waals surface area contributed by atoms with Gasteiger partial charge in [0.2, 0.25) is 0 Å². The highest BCUT2D eigenvalue weighted by atomic mass is 35.5. The van der Waals surface area contributed by atoms with E-state index >= 15 is 0 Å². The van der Waals surface area contributed by atoms with Gasteiger partial charge < -0.3 is 15.4 Å². The third kappa shape index (κ3) is 4.58. The van der Waals surface area contributed by atoms with Gasteiger partial charge in [-0.05, 0) is 49.2 Å². The number of halogens is 2. The lowest BCUT2D eigenvalue weighted by Gasteiger charge is -2.15. The Balaban J connectivity index is 1.48. The van der Waals surface area contributed by atoms with Crippen LogP contribution < -0.4 is 15.5 Å². The molecule has 1 unspecified atom stereocenters. The number of nitrogens with one attached hydrogen (secondary N) is 2. The van der Waals surface area contributed by atoms with Crippen molar-refractivity contribution in [3.05, 3.63) is 69.8 Å². The van der Waals surface area contributed by atoms with Gasteiger partial charge in [-0.3, -0.25) is 14.4 Å². The van der Waals surface area contributed by atoms with Gasteiger partial charge in [0.05, 0.1) is 11.8 Å². The average Bonchev–Trinajstić information content (AvgIpc) is 3.35. The molecule has 31 heavy (non-hydrogen) atoms. The summed E-state index contributed by atoms with van der Waals surface area (Å²) in [4.78, 5) is 38.9. The Morgan fingerprint density at radius 2 is 1.90 bits per heavy atom. The molecule has 2 N–H and O–H groups in total. The van der Waals surface area contributed by atoms with Crippen LogP contribution in [0.15, 0.2) is 59.3 Å². The second-order valence-corrected chi connectivity index (χ2v) is 7.98. The number of amides is 3. The fourth-order valence-corrected chi connectivity index (χ4v) is 3.85. The smallest absolute Gasteiger partial charge is 0.283 e. The number of anilines is 2. The summed E-state index contributed by atoms with van der Waals surface area (Å²) >= 11 is 12.1. The number of imide groups is 1. The average molecular weight is 460 g/mol. The van der Waals surface area contributed by atoms with Crippen LogP contribution in [0.1, 0.15) is 23.2 Å². The van der Waals surface area contributed by atoms with E-state index in [1.165, 1.54) is 6.07 Å². The number of carbonyl (C=O) groups excluding carboxylic acids is 3. The molecular weight excluding hydrogens is 441 g/mol. The summed E-state index contributed by atoms with van der Waals surface area (Å²) in [6, 6.07) is 13.0. The molecule has 0 aliphatic carbocycles. The van der Waals surface area contributed by atoms with E-state index in [0.717, 1.165) is 24.3 Å². The van der Waals surface area contributed by atoms with Crippen LogP contribution >= 0.6 is 23.2 Å². The minimum Gasteiger partial charge on any atom is -0.376 e. The third-order valence-corrected chi connectivity index (χ3v) is 5.59. The summed E-state index contributed by atoms with van der Waals surface area (Å²) in [5, 5.41) is 5.87. The molecule has 4 rings (SSSR count). The van der Waals surface area contributed by atoms with Crippen LogP contribution in [-0.2, 0) is 14.3 Å². The molecule has 0 spiro atoms. The van der Waals surface area contributed by atoms with Crippen LogP contribution in [-0.4, -0.2) is 37.0 Å². The second kappa shape index (κ2) is 9.09.